The van der Waals surface area contributed by atoms with E-state index in [1.807, 2.05) is 18.5 Å². The Morgan fingerprint density at radius 2 is 2.50 bits per heavy atom. The predicted molar refractivity (Wildman–Crippen MR) is 63.9 cm³/mol. The SMILES string of the molecule is CCNC(C1=COCCC1)c1cccnc1. The van der Waals surface area contributed by atoms with Crippen LogP contribution in [-0.2, 0) is 4.74 Å². The molecule has 0 aromatic carbocycles. The zero-order valence-corrected chi connectivity index (χ0v) is 9.65. The summed E-state index contributed by atoms with van der Waals surface area (Å²) in [4.78, 5) is 4.17. The fraction of sp³-hybridized carbons (Fsp3) is 0.462. The smallest absolute Gasteiger partial charge is 0.0876 e. The Bertz CT molecular complexity index is 348. The molecule has 1 atom stereocenters. The molecule has 3 nitrogen and oxygen atoms in total. The van der Waals surface area contributed by atoms with E-state index in [1.54, 1.807) is 6.20 Å². The topological polar surface area (TPSA) is 34.1 Å². The summed E-state index contributed by atoms with van der Waals surface area (Å²) in [5, 5.41) is 3.48. The second kappa shape index (κ2) is 5.66. The van der Waals surface area contributed by atoms with Crippen LogP contribution in [0.15, 0.2) is 36.4 Å². The summed E-state index contributed by atoms with van der Waals surface area (Å²) in [5.41, 5.74) is 2.53. The highest BCUT2D eigenvalue weighted by Gasteiger charge is 2.17. The van der Waals surface area contributed by atoms with Gasteiger partial charge in [-0.15, -0.1) is 0 Å². The van der Waals surface area contributed by atoms with Crippen molar-refractivity contribution in [3.63, 3.8) is 0 Å². The number of nitrogens with one attached hydrogen (secondary N) is 1. The Morgan fingerprint density at radius 3 is 3.12 bits per heavy atom. The first-order valence-corrected chi connectivity index (χ1v) is 5.85. The van der Waals surface area contributed by atoms with E-state index in [-0.39, 0.29) is 6.04 Å². The minimum Gasteiger partial charge on any atom is -0.501 e. The average Bonchev–Trinajstić information content (AvgIpc) is 2.38. The second-order valence-corrected chi connectivity index (χ2v) is 3.94. The molecule has 1 aliphatic rings. The summed E-state index contributed by atoms with van der Waals surface area (Å²) in [7, 11) is 0. The van der Waals surface area contributed by atoms with Crippen molar-refractivity contribution in [2.75, 3.05) is 13.2 Å². The van der Waals surface area contributed by atoms with Crippen LogP contribution in [0.3, 0.4) is 0 Å². The van der Waals surface area contributed by atoms with Gasteiger partial charge in [0.1, 0.15) is 0 Å². The van der Waals surface area contributed by atoms with Gasteiger partial charge >= 0.3 is 0 Å². The van der Waals surface area contributed by atoms with Crippen LogP contribution in [0.1, 0.15) is 31.4 Å². The van der Waals surface area contributed by atoms with Gasteiger partial charge in [0.15, 0.2) is 0 Å². The molecule has 1 aliphatic heterocycles. The molecule has 16 heavy (non-hydrogen) atoms. The number of ether oxygens (including phenoxy) is 1. The fourth-order valence-corrected chi connectivity index (χ4v) is 2.01. The van der Waals surface area contributed by atoms with Crippen molar-refractivity contribution in [2.45, 2.75) is 25.8 Å². The molecule has 0 spiro atoms. The van der Waals surface area contributed by atoms with E-state index >= 15 is 0 Å². The lowest BCUT2D eigenvalue weighted by Crippen LogP contribution is -2.24. The number of pyridine rings is 1. The molecule has 86 valence electrons. The van der Waals surface area contributed by atoms with Gasteiger partial charge in [-0.05, 0) is 36.6 Å². The summed E-state index contributed by atoms with van der Waals surface area (Å²) < 4.78 is 5.41. The Morgan fingerprint density at radius 1 is 1.56 bits per heavy atom. The molecule has 1 aromatic rings. The van der Waals surface area contributed by atoms with Crippen LogP contribution in [0, 0.1) is 0 Å². The van der Waals surface area contributed by atoms with Gasteiger partial charge < -0.3 is 10.1 Å². The van der Waals surface area contributed by atoms with Gasteiger partial charge in [-0.2, -0.15) is 0 Å². The maximum Gasteiger partial charge on any atom is 0.0876 e. The van der Waals surface area contributed by atoms with Crippen molar-refractivity contribution in [1.29, 1.82) is 0 Å². The monoisotopic (exact) mass is 218 g/mol. The largest absolute Gasteiger partial charge is 0.501 e. The van der Waals surface area contributed by atoms with Crippen LogP contribution in [0.25, 0.3) is 0 Å². The first-order chi connectivity index (χ1) is 7.92. The Labute approximate surface area is 96.5 Å². The van der Waals surface area contributed by atoms with Crippen molar-refractivity contribution in [3.05, 3.63) is 41.9 Å². The van der Waals surface area contributed by atoms with E-state index in [0.717, 1.165) is 26.0 Å². The van der Waals surface area contributed by atoms with Gasteiger partial charge in [0.2, 0.25) is 0 Å². The molecule has 2 rings (SSSR count). The maximum atomic E-state index is 5.41. The minimum atomic E-state index is 0.249. The van der Waals surface area contributed by atoms with Crippen molar-refractivity contribution >= 4 is 0 Å². The fourth-order valence-electron chi connectivity index (χ4n) is 2.01. The van der Waals surface area contributed by atoms with Crippen molar-refractivity contribution < 1.29 is 4.74 Å². The van der Waals surface area contributed by atoms with Gasteiger partial charge in [0.25, 0.3) is 0 Å². The number of likely N-dealkylation sites (N-methyl/N-ethyl adjacent to an activating group) is 1. The van der Waals surface area contributed by atoms with E-state index in [1.165, 1.54) is 11.1 Å². The molecule has 0 bridgehead atoms. The first-order valence-electron chi connectivity index (χ1n) is 5.85. The third kappa shape index (κ3) is 2.61. The van der Waals surface area contributed by atoms with E-state index in [9.17, 15) is 0 Å². The third-order valence-corrected chi connectivity index (χ3v) is 2.76. The zero-order chi connectivity index (χ0) is 11.2. The molecule has 0 saturated carbocycles. The van der Waals surface area contributed by atoms with Crippen LogP contribution in [-0.4, -0.2) is 18.1 Å². The average molecular weight is 218 g/mol. The van der Waals surface area contributed by atoms with Gasteiger partial charge in [0, 0.05) is 12.4 Å². The van der Waals surface area contributed by atoms with Gasteiger partial charge in [-0.25, -0.2) is 0 Å². The lowest BCUT2D eigenvalue weighted by atomic mass is 9.96. The predicted octanol–water partition coefficient (Wildman–Crippen LogP) is 2.43. The highest BCUT2D eigenvalue weighted by molar-refractivity contribution is 5.25. The highest BCUT2D eigenvalue weighted by Crippen LogP contribution is 2.26. The Hall–Kier alpha value is -1.35. The quantitative estimate of drug-likeness (QED) is 0.842. The standard InChI is InChI=1S/C13H18N2O/c1-2-15-13(11-5-3-7-14-9-11)12-6-4-8-16-10-12/h3,5,7,9-10,13,15H,2,4,6,8H2,1H3. The number of rotatable bonds is 4. The molecule has 2 heterocycles. The maximum absolute atomic E-state index is 5.41. The van der Waals surface area contributed by atoms with E-state index in [0.29, 0.717) is 0 Å². The van der Waals surface area contributed by atoms with Crippen LogP contribution in [0.5, 0.6) is 0 Å². The molecule has 0 fully saturated rings. The number of aromatic nitrogens is 1. The van der Waals surface area contributed by atoms with Crippen molar-refractivity contribution in [1.82, 2.24) is 10.3 Å². The second-order valence-electron chi connectivity index (χ2n) is 3.94. The molecule has 1 aromatic heterocycles. The highest BCUT2D eigenvalue weighted by atomic mass is 16.5. The molecular formula is C13H18N2O. The van der Waals surface area contributed by atoms with Crippen molar-refractivity contribution in [2.24, 2.45) is 0 Å². The normalized spacial score (nSPS) is 17.4. The first kappa shape index (κ1) is 11.1. The summed E-state index contributed by atoms with van der Waals surface area (Å²) in [5.74, 6) is 0. The number of hydrogen-bond acceptors (Lipinski definition) is 3. The van der Waals surface area contributed by atoms with E-state index < -0.39 is 0 Å². The van der Waals surface area contributed by atoms with Crippen LogP contribution < -0.4 is 5.32 Å². The lowest BCUT2D eigenvalue weighted by molar-refractivity contribution is 0.219. The lowest BCUT2D eigenvalue weighted by Gasteiger charge is -2.24. The Balaban J connectivity index is 2.19. The van der Waals surface area contributed by atoms with Crippen LogP contribution in [0.2, 0.25) is 0 Å². The van der Waals surface area contributed by atoms with Crippen LogP contribution >= 0.6 is 0 Å². The summed E-state index contributed by atoms with van der Waals surface area (Å²) in [6.45, 7) is 3.90. The zero-order valence-electron chi connectivity index (χ0n) is 9.65. The van der Waals surface area contributed by atoms with Crippen LogP contribution in [0.4, 0.5) is 0 Å². The number of hydrogen-bond donors (Lipinski definition) is 1. The molecule has 0 saturated heterocycles. The minimum absolute atomic E-state index is 0.249. The summed E-state index contributed by atoms with van der Waals surface area (Å²) in [6.07, 6.45) is 7.84. The van der Waals surface area contributed by atoms with Gasteiger partial charge in [-0.3, -0.25) is 4.98 Å². The molecule has 0 amide bonds. The molecular weight excluding hydrogens is 200 g/mol. The van der Waals surface area contributed by atoms with Gasteiger partial charge in [-0.1, -0.05) is 13.0 Å². The molecule has 0 aliphatic carbocycles. The molecule has 0 radical (unpaired) electrons. The van der Waals surface area contributed by atoms with Crippen molar-refractivity contribution in [3.8, 4) is 0 Å². The molecule has 1 N–H and O–H groups in total. The summed E-state index contributed by atoms with van der Waals surface area (Å²) in [6, 6.07) is 4.33. The molecule has 1 unspecified atom stereocenters. The third-order valence-electron chi connectivity index (χ3n) is 2.76. The van der Waals surface area contributed by atoms with E-state index in [4.69, 9.17) is 4.74 Å². The van der Waals surface area contributed by atoms with E-state index in [2.05, 4.69) is 23.3 Å². The number of nitrogens with zero attached hydrogens (tertiary/aromatic N) is 1. The Kier molecular flexibility index (Phi) is 3.94. The van der Waals surface area contributed by atoms with Gasteiger partial charge in [0.05, 0.1) is 18.9 Å². The summed E-state index contributed by atoms with van der Waals surface area (Å²) >= 11 is 0. The molecule has 3 heteroatoms.